The smallest absolute Gasteiger partial charge is 0.257 e. The summed E-state index contributed by atoms with van der Waals surface area (Å²) in [6.45, 7) is 5.99. The summed E-state index contributed by atoms with van der Waals surface area (Å²) in [5, 5.41) is 8.39. The van der Waals surface area contributed by atoms with Crippen LogP contribution >= 0.6 is 0 Å². The lowest BCUT2D eigenvalue weighted by molar-refractivity contribution is 0.102. The van der Waals surface area contributed by atoms with Gasteiger partial charge in [0.05, 0.1) is 28.2 Å². The van der Waals surface area contributed by atoms with E-state index >= 15 is 0 Å². The second kappa shape index (κ2) is 7.79. The summed E-state index contributed by atoms with van der Waals surface area (Å²) in [6.07, 6.45) is 6.22. The third-order valence-corrected chi connectivity index (χ3v) is 6.51. The van der Waals surface area contributed by atoms with Gasteiger partial charge in [0.2, 0.25) is 0 Å². The number of nitrogens with zero attached hydrogens (tertiary/aromatic N) is 6. The third kappa shape index (κ3) is 3.59. The van der Waals surface area contributed by atoms with Crippen LogP contribution in [0.2, 0.25) is 0 Å². The van der Waals surface area contributed by atoms with E-state index < -0.39 is 0 Å². The average Bonchev–Trinajstić information content (AvgIpc) is 3.34. The van der Waals surface area contributed by atoms with Gasteiger partial charge >= 0.3 is 0 Å². The van der Waals surface area contributed by atoms with Gasteiger partial charge in [-0.1, -0.05) is 12.1 Å². The van der Waals surface area contributed by atoms with E-state index in [-0.39, 0.29) is 11.9 Å². The van der Waals surface area contributed by atoms with Gasteiger partial charge in [-0.25, -0.2) is 19.6 Å². The number of aromatic nitrogens is 5. The molecule has 8 heteroatoms. The lowest BCUT2D eigenvalue weighted by atomic mass is 10.1. The topological polar surface area (TPSA) is 88.8 Å². The molecular weight excluding hydrogens is 414 g/mol. The molecule has 6 rings (SSSR count). The summed E-state index contributed by atoms with van der Waals surface area (Å²) in [5.41, 5.74) is 3.93. The molecule has 1 aromatic carbocycles. The van der Waals surface area contributed by atoms with E-state index in [1.54, 1.807) is 6.20 Å². The minimum Gasteiger partial charge on any atom is -0.354 e. The zero-order chi connectivity index (χ0) is 22.5. The monoisotopic (exact) mass is 441 g/mol. The van der Waals surface area contributed by atoms with Crippen LogP contribution in [0, 0.1) is 0 Å². The zero-order valence-electron chi connectivity index (χ0n) is 19.0. The molecule has 0 unspecified atom stereocenters. The van der Waals surface area contributed by atoms with Gasteiger partial charge in [0, 0.05) is 30.7 Å². The van der Waals surface area contributed by atoms with Crippen molar-refractivity contribution in [2.75, 3.05) is 23.3 Å². The Hall–Kier alpha value is -3.55. The van der Waals surface area contributed by atoms with Gasteiger partial charge in [0.1, 0.15) is 0 Å². The van der Waals surface area contributed by atoms with Gasteiger partial charge < -0.3 is 10.2 Å². The van der Waals surface area contributed by atoms with Crippen LogP contribution < -0.4 is 10.2 Å². The Kier molecular flexibility index (Phi) is 4.74. The van der Waals surface area contributed by atoms with Gasteiger partial charge in [-0.05, 0) is 57.7 Å². The molecule has 33 heavy (non-hydrogen) atoms. The van der Waals surface area contributed by atoms with Crippen LogP contribution in [0.1, 0.15) is 67.5 Å². The molecule has 0 radical (unpaired) electrons. The van der Waals surface area contributed by atoms with Gasteiger partial charge in [-0.15, -0.1) is 0 Å². The van der Waals surface area contributed by atoms with Crippen LogP contribution in [0.15, 0.2) is 36.5 Å². The maximum absolute atomic E-state index is 13.6. The van der Waals surface area contributed by atoms with Crippen molar-refractivity contribution in [3.05, 3.63) is 47.8 Å². The van der Waals surface area contributed by atoms with E-state index in [0.717, 1.165) is 72.4 Å². The molecule has 1 aliphatic heterocycles. The van der Waals surface area contributed by atoms with Crippen LogP contribution in [0.5, 0.6) is 0 Å². The minimum absolute atomic E-state index is 0.161. The molecule has 2 aliphatic rings. The third-order valence-electron chi connectivity index (χ3n) is 6.51. The number of amides is 1. The number of carbonyl (C=O) groups is 1. The van der Waals surface area contributed by atoms with Crippen LogP contribution in [0.4, 0.5) is 11.6 Å². The van der Waals surface area contributed by atoms with Crippen molar-refractivity contribution in [3.63, 3.8) is 0 Å². The standard InChI is InChI=1S/C25H27N7O/c1-15(2)32-23-18(14-26-32)17(13-21(29-23)16-9-10-16)25(33)30-22-24(31-11-5-6-12-31)28-20-8-4-3-7-19(20)27-22/h3-4,7-8,13-16H,5-6,9-12H2,1-2H3,(H,27,30,33). The number of pyridine rings is 1. The molecule has 8 nitrogen and oxygen atoms in total. The van der Waals surface area contributed by atoms with E-state index in [1.165, 1.54) is 0 Å². The molecule has 1 aliphatic carbocycles. The first-order valence-electron chi connectivity index (χ1n) is 11.8. The Morgan fingerprint density at radius 2 is 1.79 bits per heavy atom. The number of hydrogen-bond acceptors (Lipinski definition) is 6. The number of rotatable bonds is 5. The molecule has 1 amide bonds. The molecule has 0 bridgehead atoms. The first kappa shape index (κ1) is 20.1. The predicted octanol–water partition coefficient (Wildman–Crippen LogP) is 4.69. The number of nitrogens with one attached hydrogen (secondary N) is 1. The Bertz CT molecular complexity index is 1370. The van der Waals surface area contributed by atoms with Gasteiger partial charge in [0.25, 0.3) is 5.91 Å². The van der Waals surface area contributed by atoms with Crippen LogP contribution in [0.3, 0.4) is 0 Å². The van der Waals surface area contributed by atoms with E-state index in [4.69, 9.17) is 15.0 Å². The van der Waals surface area contributed by atoms with Crippen molar-refractivity contribution in [2.45, 2.75) is 51.5 Å². The highest BCUT2D eigenvalue weighted by Gasteiger charge is 2.29. The van der Waals surface area contributed by atoms with Crippen molar-refractivity contribution in [1.29, 1.82) is 0 Å². The molecule has 4 heterocycles. The highest BCUT2D eigenvalue weighted by Crippen LogP contribution is 2.40. The summed E-state index contributed by atoms with van der Waals surface area (Å²) in [6, 6.07) is 9.88. The van der Waals surface area contributed by atoms with Crippen LogP contribution in [-0.2, 0) is 0 Å². The molecule has 168 valence electrons. The van der Waals surface area contributed by atoms with Gasteiger partial charge in [-0.3, -0.25) is 4.79 Å². The Labute approximate surface area is 192 Å². The zero-order valence-corrected chi connectivity index (χ0v) is 19.0. The van der Waals surface area contributed by atoms with Crippen molar-refractivity contribution < 1.29 is 4.79 Å². The SMILES string of the molecule is CC(C)n1ncc2c(C(=O)Nc3nc4ccccc4nc3N3CCCC3)cc(C3CC3)nc21. The summed E-state index contributed by atoms with van der Waals surface area (Å²) in [7, 11) is 0. The van der Waals surface area contributed by atoms with Crippen molar-refractivity contribution in [2.24, 2.45) is 0 Å². The fourth-order valence-electron chi connectivity index (χ4n) is 4.59. The molecule has 2 fully saturated rings. The quantitative estimate of drug-likeness (QED) is 0.484. The number of anilines is 2. The Morgan fingerprint density at radius 1 is 1.06 bits per heavy atom. The second-order valence-electron chi connectivity index (χ2n) is 9.32. The Balaban J connectivity index is 1.44. The number of para-hydroxylation sites is 2. The second-order valence-corrected chi connectivity index (χ2v) is 9.32. The van der Waals surface area contributed by atoms with E-state index in [1.807, 2.05) is 35.0 Å². The summed E-state index contributed by atoms with van der Waals surface area (Å²) in [4.78, 5) is 30.4. The maximum atomic E-state index is 13.6. The molecule has 0 spiro atoms. The molecular formula is C25H27N7O. The first-order chi connectivity index (χ1) is 16.1. The van der Waals surface area contributed by atoms with E-state index in [2.05, 4.69) is 29.2 Å². The highest BCUT2D eigenvalue weighted by atomic mass is 16.1. The summed E-state index contributed by atoms with van der Waals surface area (Å²) >= 11 is 0. The lowest BCUT2D eigenvalue weighted by Gasteiger charge is -2.20. The largest absolute Gasteiger partial charge is 0.354 e. The number of benzene rings is 1. The van der Waals surface area contributed by atoms with Crippen LogP contribution in [-0.4, -0.2) is 43.7 Å². The number of fused-ring (bicyclic) bond motifs is 2. The van der Waals surface area contributed by atoms with Crippen molar-refractivity contribution in [1.82, 2.24) is 24.7 Å². The van der Waals surface area contributed by atoms with Crippen molar-refractivity contribution in [3.8, 4) is 0 Å². The fourth-order valence-corrected chi connectivity index (χ4v) is 4.59. The lowest BCUT2D eigenvalue weighted by Crippen LogP contribution is -2.23. The minimum atomic E-state index is -0.197. The maximum Gasteiger partial charge on any atom is 0.257 e. The van der Waals surface area contributed by atoms with E-state index in [0.29, 0.717) is 17.3 Å². The fraction of sp³-hybridized carbons (Fsp3) is 0.400. The number of hydrogen-bond donors (Lipinski definition) is 1. The Morgan fingerprint density at radius 3 is 2.48 bits per heavy atom. The molecule has 0 atom stereocenters. The molecule has 1 saturated carbocycles. The molecule has 4 aromatic rings. The summed E-state index contributed by atoms with van der Waals surface area (Å²) in [5.74, 6) is 1.48. The predicted molar refractivity (Wildman–Crippen MR) is 129 cm³/mol. The van der Waals surface area contributed by atoms with E-state index in [9.17, 15) is 4.79 Å². The molecule has 1 N–H and O–H groups in total. The molecule has 1 saturated heterocycles. The summed E-state index contributed by atoms with van der Waals surface area (Å²) < 4.78 is 1.89. The van der Waals surface area contributed by atoms with Crippen LogP contribution in [0.25, 0.3) is 22.1 Å². The van der Waals surface area contributed by atoms with Gasteiger partial charge in [-0.2, -0.15) is 5.10 Å². The number of carbonyl (C=O) groups excluding carboxylic acids is 1. The average molecular weight is 442 g/mol. The van der Waals surface area contributed by atoms with Gasteiger partial charge in [0.15, 0.2) is 17.3 Å². The first-order valence-corrected chi connectivity index (χ1v) is 11.8. The van der Waals surface area contributed by atoms with Crippen molar-refractivity contribution >= 4 is 39.6 Å². The molecule has 3 aromatic heterocycles. The highest BCUT2D eigenvalue weighted by molar-refractivity contribution is 6.12. The normalized spacial score (nSPS) is 16.3.